The molecule has 1 atom stereocenters. The highest BCUT2D eigenvalue weighted by molar-refractivity contribution is 5.81. The number of imidazole rings is 1. The molecule has 2 heterocycles. The number of halogens is 3. The first-order chi connectivity index (χ1) is 18.0. The Morgan fingerprint density at radius 1 is 0.865 bits per heavy atom. The molecule has 1 aliphatic rings. The summed E-state index contributed by atoms with van der Waals surface area (Å²) >= 11 is 0. The summed E-state index contributed by atoms with van der Waals surface area (Å²) in [5.74, 6) is -0.209. The van der Waals surface area contributed by atoms with Gasteiger partial charge in [-0.3, -0.25) is 4.79 Å². The Labute approximate surface area is 214 Å². The number of benzene rings is 3. The number of aryl methyl sites for hydroxylation is 1. The maximum Gasteiger partial charge on any atom is 0.138 e. The Balaban J connectivity index is 1.30. The van der Waals surface area contributed by atoms with Gasteiger partial charge < -0.3 is 9.88 Å². The van der Waals surface area contributed by atoms with E-state index in [0.29, 0.717) is 30.9 Å². The van der Waals surface area contributed by atoms with E-state index in [1.165, 1.54) is 36.4 Å². The number of aromatic nitrogens is 2. The fourth-order valence-corrected chi connectivity index (χ4v) is 4.98. The highest BCUT2D eigenvalue weighted by Crippen LogP contribution is 2.29. The fraction of sp³-hybridized carbons (Fsp3) is 0.267. The van der Waals surface area contributed by atoms with E-state index in [9.17, 15) is 18.0 Å². The maximum absolute atomic E-state index is 13.7. The third-order valence-corrected chi connectivity index (χ3v) is 6.99. The van der Waals surface area contributed by atoms with E-state index >= 15 is 0 Å². The van der Waals surface area contributed by atoms with E-state index in [1.54, 1.807) is 30.3 Å². The van der Waals surface area contributed by atoms with Crippen LogP contribution >= 0.6 is 0 Å². The molecule has 1 unspecified atom stereocenters. The van der Waals surface area contributed by atoms with Crippen LogP contribution < -0.4 is 4.90 Å². The van der Waals surface area contributed by atoms with Crippen LogP contribution in [0.4, 0.5) is 18.9 Å². The van der Waals surface area contributed by atoms with Crippen LogP contribution in [0.1, 0.15) is 31.4 Å². The topological polar surface area (TPSA) is 49.0 Å². The summed E-state index contributed by atoms with van der Waals surface area (Å²) in [5, 5.41) is 0. The lowest BCUT2D eigenvalue weighted by Gasteiger charge is -2.22. The number of Topliss-reactive ketones (excluding diaryl/α,β-unsaturated/α-hetero) is 1. The molecule has 4 nitrogen and oxygen atoms in total. The van der Waals surface area contributed by atoms with Crippen molar-refractivity contribution in [2.45, 2.75) is 32.1 Å². The van der Waals surface area contributed by atoms with E-state index in [4.69, 9.17) is 4.98 Å². The van der Waals surface area contributed by atoms with Gasteiger partial charge in [0.15, 0.2) is 0 Å². The van der Waals surface area contributed by atoms with Crippen LogP contribution in [0.15, 0.2) is 72.8 Å². The fourth-order valence-electron chi connectivity index (χ4n) is 4.98. The Morgan fingerprint density at radius 3 is 2.27 bits per heavy atom. The molecule has 0 saturated carbocycles. The number of carbonyl (C=O) groups excluding carboxylic acids is 1. The molecule has 1 aliphatic heterocycles. The number of nitrogens with zero attached hydrogens (tertiary/aromatic N) is 2. The standard InChI is InChI=1S/C30H28F3N3O/c31-23-10-6-21(7-11-23)29-27(34-30(35-29)22-8-12-24(32)13-9-22)14-15-28(37)20-3-2-17-36(18-16-20)26-5-1-4-25(33)19-26/h1,4-13,19-20H,2-3,14-18H2,(H,34,35). The lowest BCUT2D eigenvalue weighted by atomic mass is 9.92. The molecule has 7 heteroatoms. The number of nitrogens with one attached hydrogen (secondary N) is 1. The smallest absolute Gasteiger partial charge is 0.138 e. The molecule has 0 amide bonds. The van der Waals surface area contributed by atoms with Gasteiger partial charge in [-0.2, -0.15) is 0 Å². The summed E-state index contributed by atoms with van der Waals surface area (Å²) in [6.45, 7) is 1.50. The predicted molar refractivity (Wildman–Crippen MR) is 139 cm³/mol. The molecule has 190 valence electrons. The van der Waals surface area contributed by atoms with Crippen molar-refractivity contribution in [3.8, 4) is 22.6 Å². The van der Waals surface area contributed by atoms with Gasteiger partial charge in [0, 0.05) is 47.9 Å². The zero-order valence-electron chi connectivity index (χ0n) is 20.4. The van der Waals surface area contributed by atoms with E-state index in [1.807, 2.05) is 6.07 Å². The van der Waals surface area contributed by atoms with Crippen LogP contribution in [-0.2, 0) is 11.2 Å². The van der Waals surface area contributed by atoms with Gasteiger partial charge >= 0.3 is 0 Å². The zero-order chi connectivity index (χ0) is 25.8. The summed E-state index contributed by atoms with van der Waals surface area (Å²) in [7, 11) is 0. The Hall–Kier alpha value is -3.87. The second-order valence-electron chi connectivity index (χ2n) is 9.49. The van der Waals surface area contributed by atoms with E-state index in [2.05, 4.69) is 9.88 Å². The quantitative estimate of drug-likeness (QED) is 0.296. The first-order valence-corrected chi connectivity index (χ1v) is 12.6. The van der Waals surface area contributed by atoms with E-state index < -0.39 is 0 Å². The summed E-state index contributed by atoms with van der Waals surface area (Å²) in [4.78, 5) is 23.4. The van der Waals surface area contributed by atoms with Crippen molar-refractivity contribution in [2.75, 3.05) is 18.0 Å². The van der Waals surface area contributed by atoms with Crippen molar-refractivity contribution in [1.29, 1.82) is 0 Å². The van der Waals surface area contributed by atoms with Crippen LogP contribution in [0, 0.1) is 23.4 Å². The van der Waals surface area contributed by atoms with Gasteiger partial charge in [-0.15, -0.1) is 0 Å². The molecule has 37 heavy (non-hydrogen) atoms. The summed E-state index contributed by atoms with van der Waals surface area (Å²) in [6.07, 6.45) is 3.21. The minimum absolute atomic E-state index is 0.0488. The molecule has 4 aromatic rings. The second-order valence-corrected chi connectivity index (χ2v) is 9.49. The van der Waals surface area contributed by atoms with Crippen molar-refractivity contribution in [3.63, 3.8) is 0 Å². The van der Waals surface area contributed by atoms with Gasteiger partial charge in [0.05, 0.1) is 5.69 Å². The highest BCUT2D eigenvalue weighted by atomic mass is 19.1. The minimum atomic E-state index is -0.338. The molecule has 1 fully saturated rings. The molecule has 1 saturated heterocycles. The van der Waals surface area contributed by atoms with Crippen LogP contribution in [-0.4, -0.2) is 28.8 Å². The van der Waals surface area contributed by atoms with E-state index in [-0.39, 0.29) is 29.2 Å². The maximum atomic E-state index is 13.7. The molecule has 0 aliphatic carbocycles. The Bertz CT molecular complexity index is 1370. The largest absolute Gasteiger partial charge is 0.371 e. The van der Waals surface area contributed by atoms with Gasteiger partial charge in [-0.1, -0.05) is 6.07 Å². The van der Waals surface area contributed by atoms with Gasteiger partial charge in [0.25, 0.3) is 0 Å². The van der Waals surface area contributed by atoms with Gasteiger partial charge in [0.1, 0.15) is 29.1 Å². The minimum Gasteiger partial charge on any atom is -0.371 e. The van der Waals surface area contributed by atoms with Crippen LogP contribution in [0.2, 0.25) is 0 Å². The SMILES string of the molecule is O=C(CCc1[nH]c(-c2ccc(F)cc2)nc1-c1ccc(F)cc1)C1CCCN(c2cccc(F)c2)CC1. The number of anilines is 1. The molecular weight excluding hydrogens is 475 g/mol. The molecule has 0 radical (unpaired) electrons. The number of hydrogen-bond donors (Lipinski definition) is 1. The Morgan fingerprint density at radius 2 is 1.57 bits per heavy atom. The predicted octanol–water partition coefficient (Wildman–Crippen LogP) is 6.97. The average Bonchev–Trinajstić information content (AvgIpc) is 3.16. The van der Waals surface area contributed by atoms with Gasteiger partial charge in [0.2, 0.25) is 0 Å². The number of hydrogen-bond acceptors (Lipinski definition) is 3. The van der Waals surface area contributed by atoms with Crippen molar-refractivity contribution in [2.24, 2.45) is 5.92 Å². The normalized spacial score (nSPS) is 16.0. The van der Waals surface area contributed by atoms with Crippen molar-refractivity contribution in [1.82, 2.24) is 9.97 Å². The van der Waals surface area contributed by atoms with Gasteiger partial charge in [-0.25, -0.2) is 18.2 Å². The van der Waals surface area contributed by atoms with Crippen LogP contribution in [0.5, 0.6) is 0 Å². The van der Waals surface area contributed by atoms with Crippen molar-refractivity contribution < 1.29 is 18.0 Å². The third-order valence-electron chi connectivity index (χ3n) is 6.99. The van der Waals surface area contributed by atoms with Crippen molar-refractivity contribution >= 4 is 11.5 Å². The molecule has 3 aromatic carbocycles. The molecule has 1 aromatic heterocycles. The number of ketones is 1. The highest BCUT2D eigenvalue weighted by Gasteiger charge is 2.24. The van der Waals surface area contributed by atoms with Gasteiger partial charge in [-0.05, 0) is 92.4 Å². The Kier molecular flexibility index (Phi) is 7.40. The average molecular weight is 504 g/mol. The number of carbonyl (C=O) groups is 1. The lowest BCUT2D eigenvalue weighted by Crippen LogP contribution is -2.25. The zero-order valence-corrected chi connectivity index (χ0v) is 20.4. The molecule has 5 rings (SSSR count). The summed E-state index contributed by atoms with van der Waals surface area (Å²) < 4.78 is 40.6. The molecule has 1 N–H and O–H groups in total. The van der Waals surface area contributed by atoms with E-state index in [0.717, 1.165) is 48.3 Å². The monoisotopic (exact) mass is 503 g/mol. The van der Waals surface area contributed by atoms with Crippen LogP contribution in [0.3, 0.4) is 0 Å². The first kappa shape index (κ1) is 24.8. The summed E-state index contributed by atoms with van der Waals surface area (Å²) in [6, 6.07) is 18.7. The number of rotatable bonds is 7. The summed E-state index contributed by atoms with van der Waals surface area (Å²) in [5.41, 5.74) is 3.76. The number of H-pyrrole nitrogens is 1. The number of aromatic amines is 1. The molecule has 0 bridgehead atoms. The second kappa shape index (κ2) is 11.0. The first-order valence-electron chi connectivity index (χ1n) is 12.6. The van der Waals surface area contributed by atoms with Crippen molar-refractivity contribution in [3.05, 3.63) is 95.9 Å². The third kappa shape index (κ3) is 5.93. The molecular formula is C30H28F3N3O. The van der Waals surface area contributed by atoms with Crippen LogP contribution in [0.25, 0.3) is 22.6 Å². The lowest BCUT2D eigenvalue weighted by molar-refractivity contribution is -0.123. The molecule has 0 spiro atoms.